The number of fused-ring (bicyclic) bond motifs is 3. The van der Waals surface area contributed by atoms with Crippen LogP contribution in [-0.2, 0) is 19.9 Å². The molecule has 208 valence electrons. The Bertz CT molecular complexity index is 1540. The minimum absolute atomic E-state index is 0.0657. The number of benzene rings is 2. The summed E-state index contributed by atoms with van der Waals surface area (Å²) < 4.78 is 5.81. The first-order valence-corrected chi connectivity index (χ1v) is 13.5. The van der Waals surface area contributed by atoms with Crippen molar-refractivity contribution >= 4 is 57.8 Å². The Morgan fingerprint density at radius 2 is 1.93 bits per heavy atom. The molecule has 1 spiro atoms. The van der Waals surface area contributed by atoms with Gasteiger partial charge in [-0.25, -0.2) is 4.79 Å². The number of amides is 4. The van der Waals surface area contributed by atoms with Crippen molar-refractivity contribution in [3.05, 3.63) is 52.5 Å². The number of likely N-dealkylation sites (tertiary alicyclic amines) is 2. The van der Waals surface area contributed by atoms with Crippen LogP contribution in [0, 0.1) is 0 Å². The standard InChI is InChI=1S/C27H28ClN7O5/c28-16-4-6-19-18(12-16)27(40-26(39)31-19)7-1-8-35(14-27)25(38)21(13-22(36)34-9-2-10-34)30-24(37)15-3-5-17-20(11-15)32-33-23(17)29/h3-6,11-12,21H,1-2,7-10,13-14H2,(H,30,37)(H,31,39)(H3,29,32,33)/t21-,27-/m0/s1. The highest BCUT2D eigenvalue weighted by Crippen LogP contribution is 2.43. The monoisotopic (exact) mass is 565 g/mol. The number of nitrogens with two attached hydrogens (primary N) is 1. The van der Waals surface area contributed by atoms with Gasteiger partial charge < -0.3 is 25.6 Å². The highest BCUT2D eigenvalue weighted by atomic mass is 35.5. The molecule has 3 aliphatic rings. The van der Waals surface area contributed by atoms with E-state index < -0.39 is 29.6 Å². The molecule has 2 aromatic carbocycles. The highest BCUT2D eigenvalue weighted by Gasteiger charge is 2.47. The normalized spacial score (nSPS) is 20.8. The second kappa shape index (κ2) is 10.0. The topological polar surface area (TPSA) is 163 Å². The van der Waals surface area contributed by atoms with Crippen molar-refractivity contribution in [2.75, 3.05) is 37.2 Å². The fraction of sp³-hybridized carbons (Fsp3) is 0.370. The number of nitrogen functional groups attached to an aromatic ring is 1. The maximum atomic E-state index is 14.0. The van der Waals surface area contributed by atoms with E-state index in [0.29, 0.717) is 65.5 Å². The predicted octanol–water partition coefficient (Wildman–Crippen LogP) is 2.60. The van der Waals surface area contributed by atoms with Crippen molar-refractivity contribution in [3.8, 4) is 0 Å². The van der Waals surface area contributed by atoms with Gasteiger partial charge in [0.1, 0.15) is 6.04 Å². The van der Waals surface area contributed by atoms with Crippen LogP contribution in [0.3, 0.4) is 0 Å². The number of anilines is 2. The number of hydrogen-bond donors (Lipinski definition) is 4. The molecule has 2 atom stereocenters. The summed E-state index contributed by atoms with van der Waals surface area (Å²) in [6.07, 6.45) is 1.15. The summed E-state index contributed by atoms with van der Waals surface area (Å²) in [7, 11) is 0. The van der Waals surface area contributed by atoms with Gasteiger partial charge in [-0.05, 0) is 55.7 Å². The zero-order valence-electron chi connectivity index (χ0n) is 21.5. The summed E-state index contributed by atoms with van der Waals surface area (Å²) in [5, 5.41) is 13.3. The van der Waals surface area contributed by atoms with Gasteiger partial charge in [0.25, 0.3) is 5.91 Å². The van der Waals surface area contributed by atoms with Gasteiger partial charge in [0.05, 0.1) is 24.2 Å². The molecule has 0 saturated carbocycles. The summed E-state index contributed by atoms with van der Waals surface area (Å²) >= 11 is 6.27. The number of carbonyl (C=O) groups is 4. The van der Waals surface area contributed by atoms with Crippen LogP contribution in [0.5, 0.6) is 0 Å². The van der Waals surface area contributed by atoms with Crippen LogP contribution < -0.4 is 16.4 Å². The minimum Gasteiger partial charge on any atom is -0.436 e. The van der Waals surface area contributed by atoms with Crippen molar-refractivity contribution in [1.29, 1.82) is 0 Å². The number of H-pyrrole nitrogens is 1. The molecule has 1 aromatic heterocycles. The lowest BCUT2D eigenvalue weighted by atomic mass is 9.83. The fourth-order valence-electron chi connectivity index (χ4n) is 5.60. The quantitative estimate of drug-likeness (QED) is 0.369. The van der Waals surface area contributed by atoms with E-state index in [4.69, 9.17) is 22.1 Å². The van der Waals surface area contributed by atoms with Crippen molar-refractivity contribution in [3.63, 3.8) is 0 Å². The minimum atomic E-state index is -1.12. The summed E-state index contributed by atoms with van der Waals surface area (Å²) in [4.78, 5) is 55.9. The first kappa shape index (κ1) is 25.9. The lowest BCUT2D eigenvalue weighted by Gasteiger charge is -2.45. The molecule has 3 aliphatic heterocycles. The molecule has 5 N–H and O–H groups in total. The SMILES string of the molecule is Nc1n[nH]c2cc(C(=O)N[C@@H](CC(=O)N3CCC3)C(=O)N3CCC[C@@]4(C3)OC(=O)Nc3ccc(Cl)cc34)ccc12. The summed E-state index contributed by atoms with van der Waals surface area (Å²) in [5.74, 6) is -0.831. The average molecular weight is 566 g/mol. The van der Waals surface area contributed by atoms with Crippen molar-refractivity contribution in [1.82, 2.24) is 25.3 Å². The number of piperidine rings is 1. The molecule has 13 heteroatoms. The van der Waals surface area contributed by atoms with Crippen LogP contribution in [0.1, 0.15) is 41.6 Å². The lowest BCUT2D eigenvalue weighted by Crippen LogP contribution is -2.58. The molecule has 2 saturated heterocycles. The lowest BCUT2D eigenvalue weighted by molar-refractivity contribution is -0.145. The zero-order valence-corrected chi connectivity index (χ0v) is 22.3. The van der Waals surface area contributed by atoms with Crippen LogP contribution >= 0.6 is 11.6 Å². The van der Waals surface area contributed by atoms with E-state index in [1.807, 2.05) is 0 Å². The Balaban J connectivity index is 1.27. The van der Waals surface area contributed by atoms with Crippen molar-refractivity contribution in [2.24, 2.45) is 0 Å². The number of rotatable bonds is 5. The predicted molar refractivity (Wildman–Crippen MR) is 147 cm³/mol. The molecule has 6 rings (SSSR count). The Morgan fingerprint density at radius 1 is 1.12 bits per heavy atom. The molecule has 40 heavy (non-hydrogen) atoms. The molecule has 0 radical (unpaired) electrons. The molecule has 4 amide bonds. The van der Waals surface area contributed by atoms with Gasteiger partial charge in [0, 0.05) is 41.2 Å². The Labute approximate surface area is 234 Å². The van der Waals surface area contributed by atoms with E-state index >= 15 is 0 Å². The third-order valence-corrected chi connectivity index (χ3v) is 8.04. The molecule has 2 fully saturated rings. The van der Waals surface area contributed by atoms with E-state index in [2.05, 4.69) is 20.8 Å². The molecule has 3 aromatic rings. The number of aromatic amines is 1. The molecule has 0 aliphatic carbocycles. The second-order valence-corrected chi connectivity index (χ2v) is 10.8. The maximum absolute atomic E-state index is 14.0. The molecule has 0 bridgehead atoms. The first-order valence-electron chi connectivity index (χ1n) is 13.1. The van der Waals surface area contributed by atoms with Crippen LogP contribution in [0.2, 0.25) is 5.02 Å². The van der Waals surface area contributed by atoms with E-state index in [9.17, 15) is 19.2 Å². The van der Waals surface area contributed by atoms with E-state index in [1.165, 1.54) is 0 Å². The molecule has 4 heterocycles. The van der Waals surface area contributed by atoms with Gasteiger partial charge in [0.15, 0.2) is 11.4 Å². The zero-order chi connectivity index (χ0) is 28.0. The van der Waals surface area contributed by atoms with Gasteiger partial charge >= 0.3 is 6.09 Å². The van der Waals surface area contributed by atoms with Crippen LogP contribution in [0.25, 0.3) is 10.9 Å². The number of halogens is 1. The van der Waals surface area contributed by atoms with E-state index in [0.717, 1.165) is 6.42 Å². The van der Waals surface area contributed by atoms with Gasteiger partial charge in [-0.3, -0.25) is 24.8 Å². The van der Waals surface area contributed by atoms with E-state index in [1.54, 1.807) is 46.2 Å². The third kappa shape index (κ3) is 4.68. The van der Waals surface area contributed by atoms with Crippen molar-refractivity contribution < 1.29 is 23.9 Å². The van der Waals surface area contributed by atoms with Crippen LogP contribution in [0.4, 0.5) is 16.3 Å². The van der Waals surface area contributed by atoms with Crippen LogP contribution in [-0.4, -0.2) is 76.0 Å². The second-order valence-electron chi connectivity index (χ2n) is 10.4. The molecule has 12 nitrogen and oxygen atoms in total. The Kier molecular flexibility index (Phi) is 6.49. The number of aromatic nitrogens is 2. The number of ether oxygens (including phenoxy) is 1. The maximum Gasteiger partial charge on any atom is 0.412 e. The fourth-order valence-corrected chi connectivity index (χ4v) is 5.77. The number of carbonyl (C=O) groups excluding carboxylic acids is 4. The third-order valence-electron chi connectivity index (χ3n) is 7.81. The highest BCUT2D eigenvalue weighted by molar-refractivity contribution is 6.30. The summed E-state index contributed by atoms with van der Waals surface area (Å²) in [5.41, 5.74) is 6.85. The molecular weight excluding hydrogens is 538 g/mol. The first-order chi connectivity index (χ1) is 19.2. The number of hydrogen-bond acceptors (Lipinski definition) is 7. The van der Waals surface area contributed by atoms with Gasteiger partial charge in [0.2, 0.25) is 11.8 Å². The molecule has 0 unspecified atom stereocenters. The Morgan fingerprint density at radius 3 is 2.70 bits per heavy atom. The average Bonchev–Trinajstić information content (AvgIpc) is 3.27. The van der Waals surface area contributed by atoms with Crippen LogP contribution in [0.15, 0.2) is 36.4 Å². The Hall–Kier alpha value is -4.32. The van der Waals surface area contributed by atoms with E-state index in [-0.39, 0.29) is 24.4 Å². The van der Waals surface area contributed by atoms with Crippen molar-refractivity contribution in [2.45, 2.75) is 37.3 Å². The molecular formula is C27H28ClN7O5. The van der Waals surface area contributed by atoms with Gasteiger partial charge in [-0.2, -0.15) is 5.10 Å². The summed E-state index contributed by atoms with van der Waals surface area (Å²) in [6.45, 7) is 1.69. The number of nitrogens with zero attached hydrogens (tertiary/aromatic N) is 3. The van der Waals surface area contributed by atoms with Gasteiger partial charge in [-0.1, -0.05) is 11.6 Å². The number of nitrogens with one attached hydrogen (secondary N) is 3. The largest absolute Gasteiger partial charge is 0.436 e. The summed E-state index contributed by atoms with van der Waals surface area (Å²) in [6, 6.07) is 8.86. The smallest absolute Gasteiger partial charge is 0.412 e. The van der Waals surface area contributed by atoms with Gasteiger partial charge in [-0.15, -0.1) is 0 Å².